The molecule has 1 aromatic carbocycles. The number of hydrogen-bond donors (Lipinski definition) is 2. The van der Waals surface area contributed by atoms with Gasteiger partial charge in [0, 0.05) is 39.5 Å². The number of hydrogen-bond acceptors (Lipinski definition) is 4. The molecule has 8 heteroatoms. The van der Waals surface area contributed by atoms with Gasteiger partial charge >= 0.3 is 0 Å². The minimum Gasteiger partial charge on any atom is -0.488 e. The van der Waals surface area contributed by atoms with Crippen LogP contribution in [-0.2, 0) is 21.3 Å². The third kappa shape index (κ3) is 5.71. The van der Waals surface area contributed by atoms with Crippen molar-refractivity contribution in [3.05, 3.63) is 57.0 Å². The van der Waals surface area contributed by atoms with Gasteiger partial charge in [0.2, 0.25) is 11.3 Å². The molecule has 6 nitrogen and oxygen atoms in total. The molecule has 0 aliphatic rings. The number of carbonyl (C=O) groups is 1. The summed E-state index contributed by atoms with van der Waals surface area (Å²) in [5.74, 6) is -0.248. The van der Waals surface area contributed by atoms with Crippen molar-refractivity contribution in [2.75, 3.05) is 17.7 Å². The number of H-pyrrole nitrogens is 1. The van der Waals surface area contributed by atoms with Crippen molar-refractivity contribution < 1.29 is 13.7 Å². The Balaban J connectivity index is 1.93. The molecule has 2 aromatic rings. The SMILES string of the molecule is CCCOc1c[nH]c(CS(=O)CC(=O)Nc2cccc(Cl)c2C)cc1=O. The van der Waals surface area contributed by atoms with E-state index in [-0.39, 0.29) is 28.6 Å². The second-order valence-electron chi connectivity index (χ2n) is 5.72. The summed E-state index contributed by atoms with van der Waals surface area (Å²) in [5, 5.41) is 3.25. The molecule has 0 saturated heterocycles. The van der Waals surface area contributed by atoms with Crippen LogP contribution in [0.5, 0.6) is 5.75 Å². The van der Waals surface area contributed by atoms with E-state index in [4.69, 9.17) is 16.3 Å². The highest BCUT2D eigenvalue weighted by Gasteiger charge is 2.12. The van der Waals surface area contributed by atoms with Gasteiger partial charge in [0.1, 0.15) is 5.75 Å². The van der Waals surface area contributed by atoms with Crippen LogP contribution in [0, 0.1) is 6.92 Å². The maximum absolute atomic E-state index is 12.2. The predicted octanol–water partition coefficient (Wildman–Crippen LogP) is 3.01. The molecule has 2 rings (SSSR count). The van der Waals surface area contributed by atoms with Crippen LogP contribution in [0.1, 0.15) is 24.6 Å². The first-order valence-corrected chi connectivity index (χ1v) is 10.0. The Hall–Kier alpha value is -2.12. The number of ether oxygens (including phenoxy) is 1. The molecule has 1 atom stereocenters. The molecule has 0 radical (unpaired) electrons. The normalized spacial score (nSPS) is 11.8. The summed E-state index contributed by atoms with van der Waals surface area (Å²) in [5.41, 5.74) is 1.55. The molecule has 0 fully saturated rings. The Morgan fingerprint density at radius 3 is 2.85 bits per heavy atom. The number of pyridine rings is 1. The van der Waals surface area contributed by atoms with E-state index in [9.17, 15) is 13.8 Å². The first-order chi connectivity index (χ1) is 12.4. The average molecular weight is 397 g/mol. The Labute approximate surface area is 159 Å². The van der Waals surface area contributed by atoms with Crippen molar-refractivity contribution in [2.24, 2.45) is 0 Å². The molecule has 1 amide bonds. The summed E-state index contributed by atoms with van der Waals surface area (Å²) >= 11 is 6.01. The fourth-order valence-electron chi connectivity index (χ4n) is 2.21. The minimum atomic E-state index is -1.46. The Kier molecular flexibility index (Phi) is 7.41. The summed E-state index contributed by atoms with van der Waals surface area (Å²) in [6.07, 6.45) is 2.26. The van der Waals surface area contributed by atoms with E-state index in [1.807, 2.05) is 6.92 Å². The summed E-state index contributed by atoms with van der Waals surface area (Å²) in [6, 6.07) is 6.54. The predicted molar refractivity (Wildman–Crippen MR) is 104 cm³/mol. The largest absolute Gasteiger partial charge is 0.488 e. The molecular weight excluding hydrogens is 376 g/mol. The molecule has 0 bridgehead atoms. The van der Waals surface area contributed by atoms with E-state index in [1.165, 1.54) is 12.3 Å². The van der Waals surface area contributed by atoms with Crippen LogP contribution in [0.2, 0.25) is 5.02 Å². The van der Waals surface area contributed by atoms with Gasteiger partial charge < -0.3 is 15.0 Å². The number of aromatic amines is 1. The minimum absolute atomic E-state index is 0.0746. The Morgan fingerprint density at radius 2 is 2.15 bits per heavy atom. The van der Waals surface area contributed by atoms with Gasteiger partial charge in [-0.05, 0) is 31.0 Å². The van der Waals surface area contributed by atoms with Crippen LogP contribution in [0.3, 0.4) is 0 Å². The van der Waals surface area contributed by atoms with E-state index in [0.717, 1.165) is 12.0 Å². The Bertz CT molecular complexity index is 867. The number of halogens is 1. The van der Waals surface area contributed by atoms with Crippen molar-refractivity contribution >= 4 is 34.0 Å². The van der Waals surface area contributed by atoms with Crippen LogP contribution in [0.4, 0.5) is 5.69 Å². The van der Waals surface area contributed by atoms with E-state index in [1.54, 1.807) is 25.1 Å². The van der Waals surface area contributed by atoms with Gasteiger partial charge in [-0.3, -0.25) is 13.8 Å². The first-order valence-electron chi connectivity index (χ1n) is 8.15. The summed E-state index contributed by atoms with van der Waals surface area (Å²) in [4.78, 5) is 26.9. The van der Waals surface area contributed by atoms with Gasteiger partial charge in [0.05, 0.1) is 12.4 Å². The number of nitrogens with one attached hydrogen (secondary N) is 2. The maximum atomic E-state index is 12.2. The van der Waals surface area contributed by atoms with Crippen molar-refractivity contribution in [1.82, 2.24) is 4.98 Å². The van der Waals surface area contributed by atoms with Gasteiger partial charge in [-0.2, -0.15) is 0 Å². The zero-order valence-corrected chi connectivity index (χ0v) is 16.2. The quantitative estimate of drug-likeness (QED) is 0.717. The Morgan fingerprint density at radius 1 is 1.38 bits per heavy atom. The van der Waals surface area contributed by atoms with Crippen molar-refractivity contribution in [3.63, 3.8) is 0 Å². The van der Waals surface area contributed by atoms with Crippen molar-refractivity contribution in [2.45, 2.75) is 26.0 Å². The van der Waals surface area contributed by atoms with Crippen LogP contribution < -0.4 is 15.5 Å². The van der Waals surface area contributed by atoms with Gasteiger partial charge in [0.25, 0.3) is 0 Å². The van der Waals surface area contributed by atoms with Crippen molar-refractivity contribution in [3.8, 4) is 5.75 Å². The second kappa shape index (κ2) is 9.54. The lowest BCUT2D eigenvalue weighted by Gasteiger charge is -2.09. The second-order valence-corrected chi connectivity index (χ2v) is 7.59. The molecule has 0 spiro atoms. The number of benzene rings is 1. The third-order valence-corrected chi connectivity index (χ3v) is 5.18. The van der Waals surface area contributed by atoms with E-state index in [0.29, 0.717) is 23.0 Å². The molecule has 0 aliphatic heterocycles. The summed E-state index contributed by atoms with van der Waals surface area (Å²) in [7, 11) is -1.46. The van der Waals surface area contributed by atoms with Gasteiger partial charge in [-0.25, -0.2) is 0 Å². The zero-order valence-electron chi connectivity index (χ0n) is 14.6. The zero-order chi connectivity index (χ0) is 19.1. The first kappa shape index (κ1) is 20.2. The number of anilines is 1. The highest BCUT2D eigenvalue weighted by molar-refractivity contribution is 7.84. The average Bonchev–Trinajstić information content (AvgIpc) is 2.58. The smallest absolute Gasteiger partial charge is 0.237 e. The highest BCUT2D eigenvalue weighted by Crippen LogP contribution is 2.22. The standard InChI is InChI=1S/C18H21ClN2O4S/c1-3-7-25-17-9-20-13(8-16(17)22)10-26(24)11-18(23)21-15-6-4-5-14(19)12(15)2/h4-6,8-9H,3,7,10-11H2,1-2H3,(H,20,22)(H,21,23). The number of carbonyl (C=O) groups excluding carboxylic acids is 1. The number of amides is 1. The van der Waals surface area contributed by atoms with Gasteiger partial charge in [-0.1, -0.05) is 24.6 Å². The summed E-state index contributed by atoms with van der Waals surface area (Å²) in [6.45, 7) is 4.20. The van der Waals surface area contributed by atoms with Crippen LogP contribution in [0.25, 0.3) is 0 Å². The monoisotopic (exact) mass is 396 g/mol. The fourth-order valence-corrected chi connectivity index (χ4v) is 3.36. The highest BCUT2D eigenvalue weighted by atomic mass is 35.5. The van der Waals surface area contributed by atoms with Crippen LogP contribution >= 0.6 is 11.6 Å². The molecule has 1 unspecified atom stereocenters. The third-order valence-electron chi connectivity index (χ3n) is 3.55. The molecule has 26 heavy (non-hydrogen) atoms. The molecule has 140 valence electrons. The maximum Gasteiger partial charge on any atom is 0.237 e. The fraction of sp³-hybridized carbons (Fsp3) is 0.333. The van der Waals surface area contributed by atoms with Crippen LogP contribution in [0.15, 0.2) is 35.3 Å². The number of rotatable bonds is 8. The molecule has 0 saturated carbocycles. The number of aromatic nitrogens is 1. The van der Waals surface area contributed by atoms with E-state index in [2.05, 4.69) is 10.3 Å². The summed E-state index contributed by atoms with van der Waals surface area (Å²) < 4.78 is 17.5. The van der Waals surface area contributed by atoms with Gasteiger partial charge in [0.15, 0.2) is 5.75 Å². The van der Waals surface area contributed by atoms with Gasteiger partial charge in [-0.15, -0.1) is 0 Å². The topological polar surface area (TPSA) is 88.3 Å². The van der Waals surface area contributed by atoms with E-state index < -0.39 is 10.8 Å². The lowest BCUT2D eigenvalue weighted by atomic mass is 10.2. The molecule has 2 N–H and O–H groups in total. The van der Waals surface area contributed by atoms with E-state index >= 15 is 0 Å². The molecular formula is C18H21ClN2O4S. The molecule has 1 heterocycles. The lowest BCUT2D eigenvalue weighted by molar-refractivity contribution is -0.113. The molecule has 0 aliphatic carbocycles. The molecule has 1 aromatic heterocycles. The lowest BCUT2D eigenvalue weighted by Crippen LogP contribution is -2.21. The van der Waals surface area contributed by atoms with Crippen molar-refractivity contribution in [1.29, 1.82) is 0 Å². The van der Waals surface area contributed by atoms with Crippen LogP contribution in [-0.4, -0.2) is 27.5 Å².